The van der Waals surface area contributed by atoms with E-state index < -0.39 is 0 Å². The lowest BCUT2D eigenvalue weighted by atomic mass is 10.3. The first-order valence-electron chi connectivity index (χ1n) is 5.97. The summed E-state index contributed by atoms with van der Waals surface area (Å²) in [6.07, 6.45) is -0.292. The third-order valence-corrected chi connectivity index (χ3v) is 3.74. The molecule has 0 aliphatic heterocycles. The average Bonchev–Trinajstić information content (AvgIpc) is 2.39. The largest absolute Gasteiger partial charge is 0.393 e. The number of aliphatic hydroxyl groups excluding tert-OH is 1. The van der Waals surface area contributed by atoms with Crippen LogP contribution in [0.2, 0.25) is 0 Å². The lowest BCUT2D eigenvalue weighted by molar-refractivity contribution is 0.220. The van der Waals surface area contributed by atoms with Gasteiger partial charge >= 0.3 is 0 Å². The van der Waals surface area contributed by atoms with E-state index in [1.165, 1.54) is 0 Å². The van der Waals surface area contributed by atoms with E-state index in [4.69, 9.17) is 0 Å². The van der Waals surface area contributed by atoms with Gasteiger partial charge in [-0.15, -0.1) is 11.8 Å². The van der Waals surface area contributed by atoms with Crippen molar-refractivity contribution in [3.8, 4) is 0 Å². The Morgan fingerprint density at radius 3 is 2.44 bits per heavy atom. The van der Waals surface area contributed by atoms with E-state index in [2.05, 4.69) is 17.4 Å². The Morgan fingerprint density at radius 1 is 1.06 bits per heavy atom. The second kappa shape index (κ2) is 6.47. The second-order valence-corrected chi connectivity index (χ2v) is 5.21. The molecule has 0 fully saturated rings. The molecular weight excluding hydrogens is 242 g/mol. The number of para-hydroxylation sites is 2. The predicted octanol–water partition coefficient (Wildman–Crippen LogP) is 3.90. The van der Waals surface area contributed by atoms with Crippen molar-refractivity contribution in [3.63, 3.8) is 0 Å². The SMILES string of the molecule is CC(O)CSc1ccccc1Nc1ccccc1. The first-order valence-corrected chi connectivity index (χ1v) is 6.96. The summed E-state index contributed by atoms with van der Waals surface area (Å²) in [7, 11) is 0. The summed E-state index contributed by atoms with van der Waals surface area (Å²) in [6, 6.07) is 18.2. The van der Waals surface area contributed by atoms with Crippen LogP contribution < -0.4 is 5.32 Å². The maximum absolute atomic E-state index is 9.35. The van der Waals surface area contributed by atoms with Crippen molar-refractivity contribution in [1.82, 2.24) is 0 Å². The molecule has 1 atom stereocenters. The molecule has 0 saturated heterocycles. The number of hydrogen-bond donors (Lipinski definition) is 2. The molecule has 94 valence electrons. The van der Waals surface area contributed by atoms with Crippen LogP contribution in [0.1, 0.15) is 6.92 Å². The maximum Gasteiger partial charge on any atom is 0.0606 e. The first-order chi connectivity index (χ1) is 8.75. The maximum atomic E-state index is 9.35. The van der Waals surface area contributed by atoms with Gasteiger partial charge in [0, 0.05) is 16.3 Å². The number of rotatable bonds is 5. The molecule has 3 heteroatoms. The molecule has 18 heavy (non-hydrogen) atoms. The zero-order valence-corrected chi connectivity index (χ0v) is 11.2. The van der Waals surface area contributed by atoms with Gasteiger partial charge in [-0.05, 0) is 31.2 Å². The molecule has 0 radical (unpaired) electrons. The van der Waals surface area contributed by atoms with Crippen molar-refractivity contribution in [2.75, 3.05) is 11.1 Å². The monoisotopic (exact) mass is 259 g/mol. The molecule has 0 aromatic heterocycles. The van der Waals surface area contributed by atoms with Gasteiger partial charge < -0.3 is 10.4 Å². The molecule has 2 nitrogen and oxygen atoms in total. The fourth-order valence-corrected chi connectivity index (χ4v) is 2.45. The average molecular weight is 259 g/mol. The summed E-state index contributed by atoms with van der Waals surface area (Å²) in [4.78, 5) is 1.15. The Morgan fingerprint density at radius 2 is 1.72 bits per heavy atom. The zero-order valence-electron chi connectivity index (χ0n) is 10.3. The van der Waals surface area contributed by atoms with Gasteiger partial charge in [-0.2, -0.15) is 0 Å². The molecule has 1 unspecified atom stereocenters. The van der Waals surface area contributed by atoms with Crippen molar-refractivity contribution >= 4 is 23.1 Å². The van der Waals surface area contributed by atoms with E-state index in [9.17, 15) is 5.11 Å². The third kappa shape index (κ3) is 3.79. The lowest BCUT2D eigenvalue weighted by Gasteiger charge is -2.12. The Bertz CT molecular complexity index is 485. The summed E-state index contributed by atoms with van der Waals surface area (Å²) >= 11 is 1.66. The number of thioether (sulfide) groups is 1. The normalized spacial score (nSPS) is 12.1. The number of benzene rings is 2. The highest BCUT2D eigenvalue weighted by Crippen LogP contribution is 2.29. The van der Waals surface area contributed by atoms with Crippen molar-refractivity contribution in [1.29, 1.82) is 0 Å². The van der Waals surface area contributed by atoms with Crippen molar-refractivity contribution < 1.29 is 5.11 Å². The lowest BCUT2D eigenvalue weighted by Crippen LogP contribution is -2.03. The van der Waals surface area contributed by atoms with Gasteiger partial charge in [-0.25, -0.2) is 0 Å². The molecule has 0 spiro atoms. The fraction of sp³-hybridized carbons (Fsp3) is 0.200. The summed E-state index contributed by atoms with van der Waals surface area (Å²) in [5.41, 5.74) is 2.15. The summed E-state index contributed by atoms with van der Waals surface area (Å²) in [5, 5.41) is 12.7. The zero-order chi connectivity index (χ0) is 12.8. The minimum atomic E-state index is -0.292. The van der Waals surface area contributed by atoms with Crippen molar-refractivity contribution in [2.24, 2.45) is 0 Å². The van der Waals surface area contributed by atoms with Gasteiger partial charge in [0.25, 0.3) is 0 Å². The third-order valence-electron chi connectivity index (χ3n) is 2.42. The van der Waals surface area contributed by atoms with Gasteiger partial charge in [0.05, 0.1) is 11.8 Å². The molecular formula is C15H17NOS. The van der Waals surface area contributed by atoms with E-state index in [-0.39, 0.29) is 6.10 Å². The highest BCUT2D eigenvalue weighted by Gasteiger charge is 2.04. The van der Waals surface area contributed by atoms with E-state index in [0.717, 1.165) is 16.3 Å². The van der Waals surface area contributed by atoms with Gasteiger partial charge in [-0.1, -0.05) is 30.3 Å². The molecule has 0 bridgehead atoms. The van der Waals surface area contributed by atoms with Crippen molar-refractivity contribution in [3.05, 3.63) is 54.6 Å². The van der Waals surface area contributed by atoms with Crippen LogP contribution in [0.15, 0.2) is 59.5 Å². The van der Waals surface area contributed by atoms with Crippen LogP contribution in [0.4, 0.5) is 11.4 Å². The Kier molecular flexibility index (Phi) is 4.67. The molecule has 0 aliphatic rings. The molecule has 0 saturated carbocycles. The quantitative estimate of drug-likeness (QED) is 0.799. The minimum absolute atomic E-state index is 0.292. The summed E-state index contributed by atoms with van der Waals surface area (Å²) in [5.74, 6) is 0.702. The van der Waals surface area contributed by atoms with Crippen LogP contribution in [0.25, 0.3) is 0 Å². The van der Waals surface area contributed by atoms with E-state index in [1.807, 2.05) is 42.5 Å². The van der Waals surface area contributed by atoms with Crippen molar-refractivity contribution in [2.45, 2.75) is 17.9 Å². The number of nitrogens with one attached hydrogen (secondary N) is 1. The summed E-state index contributed by atoms with van der Waals surface area (Å²) < 4.78 is 0. The van der Waals surface area contributed by atoms with E-state index >= 15 is 0 Å². The van der Waals surface area contributed by atoms with E-state index in [1.54, 1.807) is 18.7 Å². The minimum Gasteiger partial charge on any atom is -0.393 e. The molecule has 2 N–H and O–H groups in total. The topological polar surface area (TPSA) is 32.3 Å². The molecule has 0 amide bonds. The van der Waals surface area contributed by atoms with Crippen LogP contribution in [0, 0.1) is 0 Å². The van der Waals surface area contributed by atoms with Gasteiger partial charge in [0.15, 0.2) is 0 Å². The van der Waals surface area contributed by atoms with E-state index in [0.29, 0.717) is 5.75 Å². The Labute approximate surface area is 112 Å². The van der Waals surface area contributed by atoms with Crippen LogP contribution in [0.5, 0.6) is 0 Å². The Balaban J connectivity index is 2.12. The highest BCUT2D eigenvalue weighted by atomic mass is 32.2. The number of aliphatic hydroxyl groups is 1. The highest BCUT2D eigenvalue weighted by molar-refractivity contribution is 7.99. The van der Waals surface area contributed by atoms with Crippen LogP contribution in [-0.4, -0.2) is 17.0 Å². The standard InChI is InChI=1S/C15H17NOS/c1-12(17)11-18-15-10-6-5-9-14(15)16-13-7-3-2-4-8-13/h2-10,12,16-17H,11H2,1H3. The molecule has 2 aromatic rings. The molecule has 0 aliphatic carbocycles. The first kappa shape index (κ1) is 13.0. The van der Waals surface area contributed by atoms with Gasteiger partial charge in [0.1, 0.15) is 0 Å². The predicted molar refractivity (Wildman–Crippen MR) is 78.6 cm³/mol. The van der Waals surface area contributed by atoms with Gasteiger partial charge in [0.2, 0.25) is 0 Å². The fourth-order valence-electron chi connectivity index (χ4n) is 1.58. The molecule has 0 heterocycles. The van der Waals surface area contributed by atoms with Crippen LogP contribution in [0.3, 0.4) is 0 Å². The molecule has 2 rings (SSSR count). The molecule has 2 aromatic carbocycles. The number of hydrogen-bond acceptors (Lipinski definition) is 3. The smallest absolute Gasteiger partial charge is 0.0606 e. The van der Waals surface area contributed by atoms with Crippen LogP contribution in [-0.2, 0) is 0 Å². The Hall–Kier alpha value is -1.45. The second-order valence-electron chi connectivity index (χ2n) is 4.15. The number of anilines is 2. The van der Waals surface area contributed by atoms with Crippen LogP contribution >= 0.6 is 11.8 Å². The van der Waals surface area contributed by atoms with Gasteiger partial charge in [-0.3, -0.25) is 0 Å². The summed E-state index contributed by atoms with van der Waals surface area (Å²) in [6.45, 7) is 1.81.